The highest BCUT2D eigenvalue weighted by Crippen LogP contribution is 2.14. The molecule has 0 bridgehead atoms. The van der Waals surface area contributed by atoms with Crippen LogP contribution < -0.4 is 5.32 Å². The van der Waals surface area contributed by atoms with Gasteiger partial charge in [-0.25, -0.2) is 8.42 Å². The number of methoxy groups -OCH3 is 1. The number of piperidine rings is 1. The molecule has 2 unspecified atom stereocenters. The monoisotopic (exact) mass is 276 g/mol. The maximum atomic E-state index is 11.5. The minimum Gasteiger partial charge on any atom is -0.380 e. The lowest BCUT2D eigenvalue weighted by atomic mass is 10.1. The average Bonchev–Trinajstić information content (AvgIpc) is 2.35. The van der Waals surface area contributed by atoms with Crippen molar-refractivity contribution in [2.45, 2.75) is 31.4 Å². The van der Waals surface area contributed by atoms with Crippen LogP contribution in [0.2, 0.25) is 0 Å². The molecule has 5 nitrogen and oxygen atoms in total. The van der Waals surface area contributed by atoms with Gasteiger partial charge in [0.15, 0.2) is 9.84 Å². The Hall–Kier alpha value is -0.170. The summed E-state index contributed by atoms with van der Waals surface area (Å²) in [5, 5.41) is 3.30. The molecule has 0 aromatic carbocycles. The number of hydrogen-bond donors (Lipinski definition) is 1. The van der Waals surface area contributed by atoms with Crippen LogP contribution in [-0.2, 0) is 14.6 Å². The summed E-state index contributed by atoms with van der Waals surface area (Å²) in [6.45, 7) is 3.66. The third-order valence-corrected chi connectivity index (χ3v) is 5.63. The van der Waals surface area contributed by atoms with Crippen molar-refractivity contribution in [3.8, 4) is 0 Å². The molecule has 0 aliphatic carbocycles. The molecule has 0 amide bonds. The van der Waals surface area contributed by atoms with Crippen LogP contribution in [0.5, 0.6) is 0 Å². The maximum Gasteiger partial charge on any atom is 0.153 e. The Labute approximate surface area is 110 Å². The number of rotatable bonds is 4. The summed E-state index contributed by atoms with van der Waals surface area (Å²) in [5.41, 5.74) is 0. The first-order valence-electron chi connectivity index (χ1n) is 6.78. The Morgan fingerprint density at radius 3 is 3.00 bits per heavy atom. The Balaban J connectivity index is 1.74. The number of sulfone groups is 1. The molecule has 6 heteroatoms. The van der Waals surface area contributed by atoms with Crippen molar-refractivity contribution in [3.63, 3.8) is 0 Å². The summed E-state index contributed by atoms with van der Waals surface area (Å²) in [4.78, 5) is 2.39. The van der Waals surface area contributed by atoms with Gasteiger partial charge in [-0.2, -0.15) is 0 Å². The first-order chi connectivity index (χ1) is 8.59. The van der Waals surface area contributed by atoms with E-state index in [-0.39, 0.29) is 6.04 Å². The minimum absolute atomic E-state index is 0.131. The standard InChI is InChI=1S/C12H24N2O3S/c1-17-12-3-2-6-14(9-12)7-4-11-10-18(15,16)8-5-13-11/h11-13H,2-10H2,1H3. The van der Waals surface area contributed by atoms with Gasteiger partial charge in [-0.05, 0) is 32.4 Å². The lowest BCUT2D eigenvalue weighted by Crippen LogP contribution is -2.47. The topological polar surface area (TPSA) is 58.6 Å². The third kappa shape index (κ3) is 4.19. The molecule has 2 heterocycles. The van der Waals surface area contributed by atoms with Crippen molar-refractivity contribution < 1.29 is 13.2 Å². The van der Waals surface area contributed by atoms with E-state index in [2.05, 4.69) is 10.2 Å². The van der Waals surface area contributed by atoms with E-state index in [1.54, 1.807) is 7.11 Å². The molecule has 0 radical (unpaired) electrons. The second-order valence-corrected chi connectivity index (χ2v) is 7.58. The van der Waals surface area contributed by atoms with Gasteiger partial charge in [0.2, 0.25) is 0 Å². The predicted octanol–water partition coefficient (Wildman–Crippen LogP) is -0.126. The predicted molar refractivity (Wildman–Crippen MR) is 71.5 cm³/mol. The van der Waals surface area contributed by atoms with Gasteiger partial charge in [0.25, 0.3) is 0 Å². The molecule has 0 aromatic rings. The van der Waals surface area contributed by atoms with Crippen molar-refractivity contribution in [1.82, 2.24) is 10.2 Å². The summed E-state index contributed by atoms with van der Waals surface area (Å²) < 4.78 is 28.5. The first kappa shape index (κ1) is 14.2. The van der Waals surface area contributed by atoms with Gasteiger partial charge in [-0.3, -0.25) is 0 Å². The smallest absolute Gasteiger partial charge is 0.153 e. The van der Waals surface area contributed by atoms with Gasteiger partial charge in [-0.1, -0.05) is 0 Å². The summed E-state index contributed by atoms with van der Waals surface area (Å²) in [5.74, 6) is 0.591. The molecule has 18 heavy (non-hydrogen) atoms. The largest absolute Gasteiger partial charge is 0.380 e. The maximum absolute atomic E-state index is 11.5. The fourth-order valence-corrected chi connectivity index (χ4v) is 4.29. The number of nitrogens with zero attached hydrogens (tertiary/aromatic N) is 1. The zero-order valence-corrected chi connectivity index (χ0v) is 11.9. The van der Waals surface area contributed by atoms with Crippen LogP contribution >= 0.6 is 0 Å². The van der Waals surface area contributed by atoms with E-state index >= 15 is 0 Å². The lowest BCUT2D eigenvalue weighted by Gasteiger charge is -2.33. The Morgan fingerprint density at radius 2 is 2.28 bits per heavy atom. The normalized spacial score (nSPS) is 33.4. The van der Waals surface area contributed by atoms with Crippen molar-refractivity contribution in [1.29, 1.82) is 0 Å². The highest BCUT2D eigenvalue weighted by molar-refractivity contribution is 7.91. The highest BCUT2D eigenvalue weighted by Gasteiger charge is 2.25. The van der Waals surface area contributed by atoms with Gasteiger partial charge >= 0.3 is 0 Å². The first-order valence-corrected chi connectivity index (χ1v) is 8.60. The summed E-state index contributed by atoms with van der Waals surface area (Å²) in [6, 6.07) is 0.131. The molecule has 2 atom stereocenters. The van der Waals surface area contributed by atoms with Gasteiger partial charge in [0.05, 0.1) is 17.6 Å². The molecule has 0 spiro atoms. The average molecular weight is 276 g/mol. The fraction of sp³-hybridized carbons (Fsp3) is 1.00. The van der Waals surface area contributed by atoms with E-state index in [1.165, 1.54) is 6.42 Å². The lowest BCUT2D eigenvalue weighted by molar-refractivity contribution is 0.0303. The summed E-state index contributed by atoms with van der Waals surface area (Å²) in [6.07, 6.45) is 3.58. The van der Waals surface area contributed by atoms with E-state index in [4.69, 9.17) is 4.74 Å². The van der Waals surface area contributed by atoms with Crippen LogP contribution in [0.3, 0.4) is 0 Å². The van der Waals surface area contributed by atoms with E-state index in [0.717, 1.165) is 32.5 Å². The van der Waals surface area contributed by atoms with E-state index in [9.17, 15) is 8.42 Å². The van der Waals surface area contributed by atoms with Crippen molar-refractivity contribution >= 4 is 9.84 Å². The zero-order valence-electron chi connectivity index (χ0n) is 11.1. The van der Waals surface area contributed by atoms with Crippen molar-refractivity contribution in [2.24, 2.45) is 0 Å². The molecule has 2 fully saturated rings. The second-order valence-electron chi connectivity index (χ2n) is 5.35. The second kappa shape index (κ2) is 6.32. The van der Waals surface area contributed by atoms with Crippen molar-refractivity contribution in [2.75, 3.05) is 44.8 Å². The number of hydrogen-bond acceptors (Lipinski definition) is 5. The molecule has 2 aliphatic heterocycles. The van der Waals surface area contributed by atoms with Gasteiger partial charge in [0.1, 0.15) is 0 Å². The van der Waals surface area contributed by atoms with Crippen LogP contribution in [0.25, 0.3) is 0 Å². The third-order valence-electron chi connectivity index (χ3n) is 3.89. The van der Waals surface area contributed by atoms with Gasteiger partial charge in [0, 0.05) is 26.2 Å². The zero-order chi connectivity index (χ0) is 13.0. The van der Waals surface area contributed by atoms with E-state index < -0.39 is 9.84 Å². The van der Waals surface area contributed by atoms with E-state index in [1.807, 2.05) is 0 Å². The molecule has 1 N–H and O–H groups in total. The van der Waals surface area contributed by atoms with Crippen LogP contribution in [0.1, 0.15) is 19.3 Å². The summed E-state index contributed by atoms with van der Waals surface area (Å²) in [7, 11) is -1.04. The SMILES string of the molecule is COC1CCCN(CCC2CS(=O)(=O)CCN2)C1. The molecule has 106 valence electrons. The summed E-state index contributed by atoms with van der Waals surface area (Å²) >= 11 is 0. The molecular formula is C12H24N2O3S. The Kier molecular flexibility index (Phi) is 5.00. The van der Waals surface area contributed by atoms with Crippen molar-refractivity contribution in [3.05, 3.63) is 0 Å². The van der Waals surface area contributed by atoms with Gasteiger partial charge < -0.3 is 15.0 Å². The Morgan fingerprint density at radius 1 is 1.44 bits per heavy atom. The number of nitrogens with one attached hydrogen (secondary N) is 1. The minimum atomic E-state index is -2.81. The highest BCUT2D eigenvalue weighted by atomic mass is 32.2. The molecule has 2 rings (SSSR count). The fourth-order valence-electron chi connectivity index (χ4n) is 2.80. The molecule has 0 aromatic heterocycles. The number of likely N-dealkylation sites (tertiary alicyclic amines) is 1. The van der Waals surface area contributed by atoms with Crippen LogP contribution in [0.15, 0.2) is 0 Å². The van der Waals surface area contributed by atoms with Crippen LogP contribution in [0, 0.1) is 0 Å². The molecule has 2 saturated heterocycles. The van der Waals surface area contributed by atoms with E-state index in [0.29, 0.717) is 24.2 Å². The number of ether oxygens (including phenoxy) is 1. The molecular weight excluding hydrogens is 252 g/mol. The van der Waals surface area contributed by atoms with Crippen LogP contribution in [0.4, 0.5) is 0 Å². The quantitative estimate of drug-likeness (QED) is 0.775. The molecule has 0 saturated carbocycles. The Bertz CT molecular complexity index is 358. The van der Waals surface area contributed by atoms with Gasteiger partial charge in [-0.15, -0.1) is 0 Å². The van der Waals surface area contributed by atoms with Crippen LogP contribution in [-0.4, -0.2) is 70.3 Å². The molecule has 2 aliphatic rings.